The van der Waals surface area contributed by atoms with Gasteiger partial charge in [0.05, 0.1) is 0 Å². The molecule has 1 aliphatic carbocycles. The first-order valence-corrected chi connectivity index (χ1v) is 5.40. The highest BCUT2D eigenvalue weighted by atomic mass is 32.1. The van der Waals surface area contributed by atoms with Crippen LogP contribution in [0.25, 0.3) is 0 Å². The van der Waals surface area contributed by atoms with Gasteiger partial charge in [0.15, 0.2) is 5.06 Å². The fraction of sp³-hybridized carbons (Fsp3) is 0.500. The van der Waals surface area contributed by atoms with Crippen molar-refractivity contribution in [2.24, 2.45) is 0 Å². The summed E-state index contributed by atoms with van der Waals surface area (Å²) in [5.74, 6) is 0. The second-order valence-electron chi connectivity index (χ2n) is 3.32. The number of rotatable bonds is 5. The minimum atomic E-state index is -1.72. The maximum Gasteiger partial charge on any atom is 0.708 e. The average Bonchev–Trinajstić information content (AvgIpc) is 2.84. The third-order valence-electron chi connectivity index (χ3n) is 2.00. The molecule has 0 aromatic carbocycles. The van der Waals surface area contributed by atoms with Crippen molar-refractivity contribution in [1.29, 1.82) is 0 Å². The predicted molar refractivity (Wildman–Crippen MR) is 55.0 cm³/mol. The fourth-order valence-electron chi connectivity index (χ4n) is 1.15. The number of hydrogen-bond donors (Lipinski definition) is 3. The van der Waals surface area contributed by atoms with E-state index in [4.69, 9.17) is 14.7 Å². The standard InChI is InChI=1S/C8H12BNO3S/c11-9(12)13-8-4-3-7(14-8)5-10-6-1-2-6/h3-4,6,10-12H,1-2,5H2. The van der Waals surface area contributed by atoms with Crippen LogP contribution in [-0.2, 0) is 6.54 Å². The molecule has 0 spiro atoms. The molecule has 0 radical (unpaired) electrons. The molecule has 0 atom stereocenters. The Labute approximate surface area is 86.7 Å². The zero-order valence-corrected chi connectivity index (χ0v) is 8.46. The summed E-state index contributed by atoms with van der Waals surface area (Å²) in [6.45, 7) is 0.834. The minimum Gasteiger partial charge on any atom is -0.504 e. The molecule has 76 valence electrons. The largest absolute Gasteiger partial charge is 0.708 e. The molecule has 1 fully saturated rings. The molecule has 0 unspecified atom stereocenters. The molecular formula is C8H12BNO3S. The zero-order chi connectivity index (χ0) is 9.97. The number of hydrogen-bond acceptors (Lipinski definition) is 5. The summed E-state index contributed by atoms with van der Waals surface area (Å²) in [6, 6.07) is 4.36. The summed E-state index contributed by atoms with van der Waals surface area (Å²) in [6.07, 6.45) is 2.54. The van der Waals surface area contributed by atoms with E-state index in [0.29, 0.717) is 11.1 Å². The maximum atomic E-state index is 8.57. The van der Waals surface area contributed by atoms with Crippen LogP contribution in [0.15, 0.2) is 12.1 Å². The van der Waals surface area contributed by atoms with E-state index in [-0.39, 0.29) is 0 Å². The SMILES string of the molecule is OB(O)Oc1ccc(CNC2CC2)s1. The van der Waals surface area contributed by atoms with E-state index in [1.807, 2.05) is 6.07 Å². The Bertz CT molecular complexity index is 301. The third-order valence-corrected chi connectivity index (χ3v) is 2.98. The first-order chi connectivity index (χ1) is 6.74. The zero-order valence-electron chi connectivity index (χ0n) is 7.64. The first kappa shape index (κ1) is 9.98. The average molecular weight is 213 g/mol. The van der Waals surface area contributed by atoms with Crippen LogP contribution in [0, 0.1) is 0 Å². The van der Waals surface area contributed by atoms with Crippen LogP contribution in [0.5, 0.6) is 5.06 Å². The van der Waals surface area contributed by atoms with Crippen molar-refractivity contribution in [2.45, 2.75) is 25.4 Å². The van der Waals surface area contributed by atoms with E-state index < -0.39 is 7.32 Å². The van der Waals surface area contributed by atoms with Gasteiger partial charge in [-0.05, 0) is 25.0 Å². The lowest BCUT2D eigenvalue weighted by Gasteiger charge is -2.00. The van der Waals surface area contributed by atoms with Gasteiger partial charge >= 0.3 is 7.32 Å². The lowest BCUT2D eigenvalue weighted by Crippen LogP contribution is -2.19. The molecule has 1 aliphatic rings. The molecule has 1 aromatic heterocycles. The fourth-order valence-corrected chi connectivity index (χ4v) is 1.97. The molecule has 0 bridgehead atoms. The Morgan fingerprint density at radius 2 is 2.29 bits per heavy atom. The Hall–Kier alpha value is -0.555. The molecule has 2 rings (SSSR count). The molecule has 14 heavy (non-hydrogen) atoms. The van der Waals surface area contributed by atoms with Gasteiger partial charge in [-0.3, -0.25) is 0 Å². The maximum absolute atomic E-state index is 8.57. The second kappa shape index (κ2) is 4.31. The topological polar surface area (TPSA) is 61.7 Å². The summed E-state index contributed by atoms with van der Waals surface area (Å²) < 4.78 is 4.72. The Morgan fingerprint density at radius 1 is 1.50 bits per heavy atom. The van der Waals surface area contributed by atoms with E-state index in [1.54, 1.807) is 6.07 Å². The smallest absolute Gasteiger partial charge is 0.504 e. The van der Waals surface area contributed by atoms with Gasteiger partial charge in [0.25, 0.3) is 0 Å². The Morgan fingerprint density at radius 3 is 2.93 bits per heavy atom. The van der Waals surface area contributed by atoms with Crippen LogP contribution in [-0.4, -0.2) is 23.4 Å². The lowest BCUT2D eigenvalue weighted by molar-refractivity contribution is 0.292. The van der Waals surface area contributed by atoms with E-state index in [1.165, 1.54) is 24.2 Å². The summed E-state index contributed by atoms with van der Waals surface area (Å²) in [7, 11) is -1.72. The molecule has 1 heterocycles. The molecule has 0 aliphatic heterocycles. The minimum absolute atomic E-state index is 0.535. The highest BCUT2D eigenvalue weighted by Gasteiger charge is 2.20. The van der Waals surface area contributed by atoms with Crippen molar-refractivity contribution in [1.82, 2.24) is 5.32 Å². The molecule has 0 amide bonds. The predicted octanol–water partition coefficient (Wildman–Crippen LogP) is 0.348. The molecule has 0 saturated heterocycles. The molecule has 3 N–H and O–H groups in total. The van der Waals surface area contributed by atoms with E-state index in [9.17, 15) is 0 Å². The van der Waals surface area contributed by atoms with Crippen LogP contribution in [0.3, 0.4) is 0 Å². The van der Waals surface area contributed by atoms with Gasteiger partial charge < -0.3 is 20.0 Å². The van der Waals surface area contributed by atoms with Crippen LogP contribution in [0.2, 0.25) is 0 Å². The second-order valence-corrected chi connectivity index (χ2v) is 4.45. The quantitative estimate of drug-likeness (QED) is 0.617. The van der Waals surface area contributed by atoms with E-state index in [0.717, 1.165) is 11.4 Å². The first-order valence-electron chi connectivity index (χ1n) is 4.59. The van der Waals surface area contributed by atoms with Gasteiger partial charge in [-0.1, -0.05) is 0 Å². The van der Waals surface area contributed by atoms with Crippen molar-refractivity contribution in [3.8, 4) is 5.06 Å². The molecule has 4 nitrogen and oxygen atoms in total. The third kappa shape index (κ3) is 2.99. The van der Waals surface area contributed by atoms with Gasteiger partial charge in [0.2, 0.25) is 0 Å². The Kier molecular flexibility index (Phi) is 3.07. The highest BCUT2D eigenvalue weighted by Crippen LogP contribution is 2.26. The summed E-state index contributed by atoms with van der Waals surface area (Å²) >= 11 is 1.43. The van der Waals surface area contributed by atoms with Crippen LogP contribution in [0.1, 0.15) is 17.7 Å². The summed E-state index contributed by atoms with van der Waals surface area (Å²) in [5.41, 5.74) is 0. The molecule has 6 heteroatoms. The number of nitrogens with one attached hydrogen (secondary N) is 1. The van der Waals surface area contributed by atoms with Gasteiger partial charge in [-0.25, -0.2) is 0 Å². The summed E-state index contributed by atoms with van der Waals surface area (Å²) in [4.78, 5) is 1.15. The molecule has 1 aromatic rings. The van der Waals surface area contributed by atoms with E-state index in [2.05, 4.69) is 5.32 Å². The van der Waals surface area contributed by atoms with Crippen molar-refractivity contribution in [3.63, 3.8) is 0 Å². The Balaban J connectivity index is 1.81. The van der Waals surface area contributed by atoms with Gasteiger partial charge in [0, 0.05) is 17.5 Å². The van der Waals surface area contributed by atoms with Crippen molar-refractivity contribution in [2.75, 3.05) is 0 Å². The molecule has 1 saturated carbocycles. The molecular weight excluding hydrogens is 201 g/mol. The monoisotopic (exact) mass is 213 g/mol. The van der Waals surface area contributed by atoms with E-state index >= 15 is 0 Å². The highest BCUT2D eigenvalue weighted by molar-refractivity contribution is 7.14. The number of thiophene rings is 1. The van der Waals surface area contributed by atoms with Gasteiger partial charge in [0.1, 0.15) is 0 Å². The van der Waals surface area contributed by atoms with Crippen LogP contribution >= 0.6 is 11.3 Å². The van der Waals surface area contributed by atoms with Crippen molar-refractivity contribution in [3.05, 3.63) is 17.0 Å². The lowest BCUT2D eigenvalue weighted by atomic mass is 10.3. The van der Waals surface area contributed by atoms with Gasteiger partial charge in [-0.2, -0.15) is 0 Å². The van der Waals surface area contributed by atoms with Crippen molar-refractivity contribution >= 4 is 18.7 Å². The van der Waals surface area contributed by atoms with Crippen LogP contribution < -0.4 is 9.97 Å². The van der Waals surface area contributed by atoms with Gasteiger partial charge in [-0.15, -0.1) is 11.3 Å². The van der Waals surface area contributed by atoms with Crippen LogP contribution in [0.4, 0.5) is 0 Å². The summed E-state index contributed by atoms with van der Waals surface area (Å²) in [5, 5.41) is 21.0. The van der Waals surface area contributed by atoms with Crippen molar-refractivity contribution < 1.29 is 14.7 Å². The normalized spacial score (nSPS) is 15.6.